The van der Waals surface area contributed by atoms with Crippen LogP contribution in [-0.4, -0.2) is 144 Å². The van der Waals surface area contributed by atoms with Gasteiger partial charge in [-0.2, -0.15) is 8.42 Å². The Morgan fingerprint density at radius 2 is 0.883 bits per heavy atom. The van der Waals surface area contributed by atoms with Crippen LogP contribution in [0.15, 0.2) is 91.0 Å². The van der Waals surface area contributed by atoms with E-state index in [0.717, 1.165) is 69.2 Å². The van der Waals surface area contributed by atoms with Crippen molar-refractivity contribution in [2.45, 2.75) is 76.6 Å². The second-order valence-electron chi connectivity index (χ2n) is 18.0. The molecule has 328 valence electrons. The van der Waals surface area contributed by atoms with Crippen molar-refractivity contribution >= 4 is 49.8 Å². The fourth-order valence-electron chi connectivity index (χ4n) is 9.84. The second-order valence-corrected chi connectivity index (χ2v) is 19.6. The van der Waals surface area contributed by atoms with Gasteiger partial charge in [-0.1, -0.05) is 91.0 Å². The van der Waals surface area contributed by atoms with Gasteiger partial charge in [0.05, 0.1) is 51.6 Å². The van der Waals surface area contributed by atoms with E-state index in [2.05, 4.69) is 153 Å². The Bertz CT molecular complexity index is 1730. The Balaban J connectivity index is 0.000000192. The van der Waals surface area contributed by atoms with Crippen molar-refractivity contribution < 1.29 is 73.2 Å². The summed E-state index contributed by atoms with van der Waals surface area (Å²) in [6.45, 7) is 18.8. The summed E-state index contributed by atoms with van der Waals surface area (Å²) in [6.07, 6.45) is 8.41. The number of nitrogens with zero attached hydrogens (tertiary/aromatic N) is 6. The molecular formula is C47H72FIKN6O3S+. The third-order valence-corrected chi connectivity index (χ3v) is 14.4. The van der Waals surface area contributed by atoms with Crippen LogP contribution in [0.3, 0.4) is 0 Å². The molecule has 3 saturated carbocycles. The molecule has 3 aliphatic carbocycles. The zero-order chi connectivity index (χ0) is 41.1. The predicted molar refractivity (Wildman–Crippen MR) is 252 cm³/mol. The molecule has 0 atom stereocenters. The molecule has 60 heavy (non-hydrogen) atoms. The molecule has 3 aliphatic heterocycles. The van der Waals surface area contributed by atoms with E-state index in [1.54, 1.807) is 0 Å². The van der Waals surface area contributed by atoms with Crippen molar-refractivity contribution in [2.75, 3.05) is 111 Å². The number of likely N-dealkylation sites (N-methyl/N-ethyl adjacent to an activating group) is 1. The maximum Gasteiger partial charge on any atom is 1.00 e. The largest absolute Gasteiger partial charge is 1.00 e. The van der Waals surface area contributed by atoms with Gasteiger partial charge in [-0.15, -0.1) is 0 Å². The summed E-state index contributed by atoms with van der Waals surface area (Å²) in [5.41, 5.74) is 4.06. The molecule has 0 spiro atoms. The minimum atomic E-state index is -3.31. The Morgan fingerprint density at radius 1 is 0.550 bits per heavy atom. The topological polar surface area (TPSA) is 59.6 Å². The van der Waals surface area contributed by atoms with Gasteiger partial charge in [-0.25, -0.2) is 0 Å². The van der Waals surface area contributed by atoms with Gasteiger partial charge in [0.1, 0.15) is 0 Å². The monoisotopic (exact) mass is 984 g/mol. The molecule has 0 bridgehead atoms. The van der Waals surface area contributed by atoms with Gasteiger partial charge in [0.25, 0.3) is 10.1 Å². The third-order valence-electron chi connectivity index (χ3n) is 13.7. The normalized spacial score (nSPS) is 27.5. The molecule has 9 nitrogen and oxygen atoms in total. The molecule has 0 aromatic heterocycles. The maximum absolute atomic E-state index is 11.1. The number of piperazine rings is 3. The van der Waals surface area contributed by atoms with Crippen LogP contribution in [0.2, 0.25) is 0 Å². The van der Waals surface area contributed by atoms with E-state index >= 15 is 0 Å². The number of quaternary nitrogens is 1. The minimum Gasteiger partial charge on any atom is -1.00 e. The summed E-state index contributed by atoms with van der Waals surface area (Å²) in [5.74, 6) is 1.93. The summed E-state index contributed by atoms with van der Waals surface area (Å²) < 4.78 is 28.5. The van der Waals surface area contributed by atoms with Crippen molar-refractivity contribution in [3.63, 3.8) is 0 Å². The van der Waals surface area contributed by atoms with Gasteiger partial charge in [-0.05, 0) is 78.8 Å². The molecule has 6 fully saturated rings. The van der Waals surface area contributed by atoms with E-state index in [9.17, 15) is 8.42 Å². The van der Waals surface area contributed by atoms with E-state index in [4.69, 9.17) is 4.18 Å². The molecular weight excluding hydrogens is 913 g/mol. The summed E-state index contributed by atoms with van der Waals surface area (Å²) in [7, 11) is -0.839. The number of para-hydroxylation sites is 3. The third kappa shape index (κ3) is 14.8. The molecule has 0 amide bonds. The van der Waals surface area contributed by atoms with Crippen LogP contribution in [0, 0.1) is 11.8 Å². The van der Waals surface area contributed by atoms with Gasteiger partial charge in [0, 0.05) is 94.3 Å². The van der Waals surface area contributed by atoms with Crippen molar-refractivity contribution in [1.82, 2.24) is 9.80 Å². The van der Waals surface area contributed by atoms with Crippen LogP contribution in [-0.2, 0) is 14.3 Å². The average molecular weight is 985 g/mol. The second kappa shape index (κ2) is 25.0. The van der Waals surface area contributed by atoms with E-state index in [1.807, 2.05) is 11.0 Å². The number of anilines is 3. The molecule has 3 saturated heterocycles. The molecule has 6 aliphatic rings. The van der Waals surface area contributed by atoms with Gasteiger partial charge in [-0.3, -0.25) is 14.0 Å². The van der Waals surface area contributed by atoms with Gasteiger partial charge in [0.15, 0.2) is 0 Å². The van der Waals surface area contributed by atoms with E-state index in [-0.39, 0.29) is 62.2 Å². The van der Waals surface area contributed by atoms with Gasteiger partial charge >= 0.3 is 51.4 Å². The van der Waals surface area contributed by atoms with Crippen molar-refractivity contribution in [3.8, 4) is 0 Å². The number of hydrogen-bond acceptors (Lipinski definition) is 8. The first kappa shape index (κ1) is 51.8. The number of halogens is 2. The number of rotatable bonds is 8. The Kier molecular flexibility index (Phi) is 21.6. The smallest absolute Gasteiger partial charge is 1.00 e. The fraction of sp³-hybridized carbons (Fsp3) is 0.617. The first-order valence-corrected chi connectivity index (χ1v) is 26.0. The quantitative estimate of drug-likeness (QED) is 0.112. The standard InChI is InChI=1S/C16H25N2.C15H22N2O3S.C15H22N2.CH3I.FH.K/c1-14-12-16(13-14)18(2)10-8-17(9-11-18)15-6-4-3-5-7-15;1-21(18,19)20-15-11-14(12-15)17-9-7-16(8-10-17)13-5-3-2-4-6-13;1-13-11-15(12-13)17-9-7-16(8-10-17)14-5-3-2-4-6-14;1-2;;/h3-7,14,16H,8-13H2,1-2H3;2-6,14-15H,7-12H2,1H3;2-6,13,15H,7-12H2,1H3;1H3;1H;/q+1;;;;;+1/p-1/i;;;;1-1;. The molecule has 3 heterocycles. The van der Waals surface area contributed by atoms with Crippen molar-refractivity contribution in [2.24, 2.45) is 11.8 Å². The molecule has 13 heteroatoms. The summed E-state index contributed by atoms with van der Waals surface area (Å²) in [4.78, 5) is 14.6. The number of benzene rings is 3. The zero-order valence-electron chi connectivity index (χ0n) is 37.4. The average Bonchev–Trinajstić information content (AvgIpc) is 3.22. The summed E-state index contributed by atoms with van der Waals surface area (Å²) >= 11 is 2.15. The van der Waals surface area contributed by atoms with Crippen LogP contribution < -0.4 is 70.8 Å². The molecule has 9 rings (SSSR count). The Morgan fingerprint density at radius 3 is 1.22 bits per heavy atom. The van der Waals surface area contributed by atoms with Crippen LogP contribution >= 0.6 is 22.6 Å². The Hall–Kier alpha value is -0.854. The van der Waals surface area contributed by atoms with Crippen LogP contribution in [0.4, 0.5) is 17.1 Å². The SMILES string of the molecule is CC1CC(N2CCN(c3ccccc3)CC2)C1.CC1CC([N+]2(C)CCN(c3ccccc3)CC2)C1.CI.CS(=O)(=O)OC1CC(N2CCN(c3ccccc3)CC2)C1.[18F-].[K+]. The first-order chi connectivity index (χ1) is 28.0. The molecule has 3 aromatic rings. The number of hydrogen-bond donors (Lipinski definition) is 0. The van der Waals surface area contributed by atoms with E-state index < -0.39 is 10.1 Å². The fourth-order valence-corrected chi connectivity index (χ4v) is 10.5. The molecule has 0 unspecified atom stereocenters. The van der Waals surface area contributed by atoms with Gasteiger partial charge < -0.3 is 23.9 Å². The van der Waals surface area contributed by atoms with E-state index in [1.165, 1.54) is 99.6 Å². The van der Waals surface area contributed by atoms with E-state index in [0.29, 0.717) is 6.04 Å². The number of alkyl halides is 1. The molecule has 3 aromatic carbocycles. The molecule has 0 radical (unpaired) electrons. The first-order valence-electron chi connectivity index (χ1n) is 22.0. The minimum absolute atomic E-state index is 0. The Labute approximate surface area is 419 Å². The zero-order valence-corrected chi connectivity index (χ0v) is 43.5. The maximum atomic E-state index is 11.1. The van der Waals surface area contributed by atoms with Crippen molar-refractivity contribution in [3.05, 3.63) is 91.0 Å². The van der Waals surface area contributed by atoms with Crippen LogP contribution in [0.5, 0.6) is 0 Å². The van der Waals surface area contributed by atoms with Crippen LogP contribution in [0.1, 0.15) is 52.4 Å². The summed E-state index contributed by atoms with van der Waals surface area (Å²) in [5, 5.41) is 0. The van der Waals surface area contributed by atoms with Crippen molar-refractivity contribution in [1.29, 1.82) is 0 Å². The molecule has 0 N–H and O–H groups in total. The predicted octanol–water partition coefficient (Wildman–Crippen LogP) is 1.73. The van der Waals surface area contributed by atoms with Gasteiger partial charge in [0.2, 0.25) is 0 Å². The summed E-state index contributed by atoms with van der Waals surface area (Å²) in [6, 6.07) is 34.5. The van der Waals surface area contributed by atoms with Crippen LogP contribution in [0.25, 0.3) is 0 Å².